The predicted octanol–water partition coefficient (Wildman–Crippen LogP) is 5.07. The molecule has 14 nitrogen and oxygen atoms in total. The zero-order valence-electron chi connectivity index (χ0n) is 30.4. The molecule has 54 heavy (non-hydrogen) atoms. The minimum Gasteiger partial charge on any atom is -0.496 e. The van der Waals surface area contributed by atoms with Gasteiger partial charge in [-0.05, 0) is 76.7 Å². The second-order valence-corrected chi connectivity index (χ2v) is 19.9. The highest BCUT2D eigenvalue weighted by atomic mass is 35.5. The fourth-order valence-electron chi connectivity index (χ4n) is 6.45. The minimum absolute atomic E-state index is 0.0233. The number of nitrogens with zero attached hydrogens (tertiary/aromatic N) is 3. The van der Waals surface area contributed by atoms with Gasteiger partial charge in [0.1, 0.15) is 28.5 Å². The second kappa shape index (κ2) is 16.0. The summed E-state index contributed by atoms with van der Waals surface area (Å²) in [5, 5.41) is 7.67. The Morgan fingerprint density at radius 2 is 1.52 bits per heavy atom. The zero-order chi connectivity index (χ0) is 39.6. The number of anilines is 2. The van der Waals surface area contributed by atoms with Gasteiger partial charge in [0.25, 0.3) is 20.2 Å². The SMILES string of the molecule is COc1cc(N2CCC(N(C)C)CC2)ccc1C1(N)N=CC(Cl)=C(Nc2ccccc2P(C)(C)=O)N1.O=S(=O)(O)c1cccc2c(S(=O)(=O)O)cccc12. The molecule has 1 atom stereocenters. The third-order valence-electron chi connectivity index (χ3n) is 9.23. The average molecular weight is 819 g/mol. The van der Waals surface area contributed by atoms with E-state index in [2.05, 4.69) is 45.6 Å². The summed E-state index contributed by atoms with van der Waals surface area (Å²) >= 11 is 6.49. The molecule has 4 aromatic carbocycles. The Hall–Kier alpha value is -3.99. The normalized spacial score (nSPS) is 18.3. The summed E-state index contributed by atoms with van der Waals surface area (Å²) in [6.07, 6.45) is 3.76. The third-order valence-corrected chi connectivity index (χ3v) is 12.9. The molecule has 0 spiro atoms. The van der Waals surface area contributed by atoms with Crippen LogP contribution in [0.1, 0.15) is 18.4 Å². The summed E-state index contributed by atoms with van der Waals surface area (Å²) in [7, 11) is -5.54. The van der Waals surface area contributed by atoms with Crippen LogP contribution in [0.15, 0.2) is 104 Å². The van der Waals surface area contributed by atoms with Crippen molar-refractivity contribution in [3.63, 3.8) is 0 Å². The van der Waals surface area contributed by atoms with Crippen LogP contribution in [-0.2, 0) is 30.6 Å². The molecule has 0 aromatic heterocycles. The van der Waals surface area contributed by atoms with E-state index in [0.29, 0.717) is 33.9 Å². The lowest BCUT2D eigenvalue weighted by Gasteiger charge is -2.37. The Labute approximate surface area is 320 Å². The van der Waals surface area contributed by atoms with Crippen LogP contribution in [0.5, 0.6) is 5.75 Å². The standard InChI is InChI=1S/C26H36ClN6O2P.C10H8O6S2/c1-32(2)18-12-14-33(15-13-18)19-10-11-20(23(16-19)35-3)26(28)29-17-21(27)25(31-26)30-22-8-6-7-9-24(22)36(4,5)34;11-17(12,13)9-5-1-3-7-8(9)4-2-6-10(7)18(14,15)16/h6-11,16-18,30-31H,12-15,28H2,1-5H3;1-6H,(H,11,12,13)(H,14,15,16). The first-order valence-electron chi connectivity index (χ1n) is 16.7. The quantitative estimate of drug-likeness (QED) is 0.111. The van der Waals surface area contributed by atoms with Gasteiger partial charge in [0, 0.05) is 53.2 Å². The largest absolute Gasteiger partial charge is 0.496 e. The van der Waals surface area contributed by atoms with Crippen molar-refractivity contribution in [2.45, 2.75) is 34.5 Å². The number of methoxy groups -OCH3 is 1. The van der Waals surface area contributed by atoms with Crippen molar-refractivity contribution >= 4 is 72.6 Å². The molecule has 1 unspecified atom stereocenters. The Balaban J connectivity index is 0.000000260. The maximum Gasteiger partial charge on any atom is 0.295 e. The fraction of sp³-hybridized carbons (Fsp3) is 0.306. The van der Waals surface area contributed by atoms with E-state index in [9.17, 15) is 21.4 Å². The predicted molar refractivity (Wildman–Crippen MR) is 215 cm³/mol. The molecule has 2 heterocycles. The van der Waals surface area contributed by atoms with E-state index in [-0.39, 0.29) is 10.8 Å². The Kier molecular flexibility index (Phi) is 12.2. The number of fused-ring (bicyclic) bond motifs is 1. The fourth-order valence-corrected chi connectivity index (χ4v) is 9.16. The topological polar surface area (TPSA) is 204 Å². The van der Waals surface area contributed by atoms with E-state index in [1.807, 2.05) is 36.4 Å². The van der Waals surface area contributed by atoms with Crippen molar-refractivity contribution in [1.82, 2.24) is 10.2 Å². The third kappa shape index (κ3) is 9.27. The Bertz CT molecular complexity index is 2310. The molecular weight excluding hydrogens is 775 g/mol. The Morgan fingerprint density at radius 1 is 0.944 bits per heavy atom. The molecule has 290 valence electrons. The van der Waals surface area contributed by atoms with Crippen molar-refractivity contribution in [3.05, 3.63) is 95.3 Å². The van der Waals surface area contributed by atoms with E-state index < -0.39 is 43.0 Å². The van der Waals surface area contributed by atoms with Gasteiger partial charge >= 0.3 is 0 Å². The number of benzene rings is 4. The Morgan fingerprint density at radius 3 is 2.04 bits per heavy atom. The van der Waals surface area contributed by atoms with Crippen LogP contribution in [0.25, 0.3) is 10.8 Å². The summed E-state index contributed by atoms with van der Waals surface area (Å²) in [5.41, 5.74) is 9.25. The summed E-state index contributed by atoms with van der Waals surface area (Å²) in [6.45, 7) is 5.45. The van der Waals surface area contributed by atoms with Crippen molar-refractivity contribution in [3.8, 4) is 5.75 Å². The molecule has 0 amide bonds. The number of piperidine rings is 1. The summed E-state index contributed by atoms with van der Waals surface area (Å²) in [6, 6.07) is 21.6. The van der Waals surface area contributed by atoms with Crippen LogP contribution in [-0.4, -0.2) is 90.7 Å². The number of ether oxygens (including phenoxy) is 1. The molecule has 4 aromatic rings. The van der Waals surface area contributed by atoms with Crippen LogP contribution in [0.2, 0.25) is 0 Å². The van der Waals surface area contributed by atoms with Crippen molar-refractivity contribution in [2.24, 2.45) is 10.7 Å². The highest BCUT2D eigenvalue weighted by Crippen LogP contribution is 2.39. The first-order valence-corrected chi connectivity index (χ1v) is 22.6. The van der Waals surface area contributed by atoms with Gasteiger partial charge in [-0.15, -0.1) is 0 Å². The van der Waals surface area contributed by atoms with Crippen LogP contribution in [0.4, 0.5) is 11.4 Å². The lowest BCUT2D eigenvalue weighted by atomic mass is 10.0. The number of nitrogens with two attached hydrogens (primary N) is 1. The van der Waals surface area contributed by atoms with Gasteiger partial charge in [0.15, 0.2) is 0 Å². The van der Waals surface area contributed by atoms with Gasteiger partial charge in [-0.1, -0.05) is 48.0 Å². The zero-order valence-corrected chi connectivity index (χ0v) is 33.7. The molecule has 6 rings (SSSR count). The lowest BCUT2D eigenvalue weighted by Crippen LogP contribution is -2.52. The van der Waals surface area contributed by atoms with Gasteiger partial charge in [-0.3, -0.25) is 14.8 Å². The van der Waals surface area contributed by atoms with E-state index >= 15 is 0 Å². The van der Waals surface area contributed by atoms with Crippen LogP contribution in [0.3, 0.4) is 0 Å². The monoisotopic (exact) mass is 818 g/mol. The molecule has 2 aliphatic rings. The second-order valence-electron chi connectivity index (χ2n) is 13.5. The summed E-state index contributed by atoms with van der Waals surface area (Å²) in [4.78, 5) is 8.37. The number of para-hydroxylation sites is 1. The van der Waals surface area contributed by atoms with Gasteiger partial charge < -0.3 is 29.7 Å². The molecule has 0 radical (unpaired) electrons. The van der Waals surface area contributed by atoms with Crippen molar-refractivity contribution in [2.75, 3.05) is 57.8 Å². The lowest BCUT2D eigenvalue weighted by molar-refractivity contribution is 0.249. The molecule has 0 bridgehead atoms. The molecule has 1 fully saturated rings. The molecule has 0 aliphatic carbocycles. The molecule has 2 aliphatic heterocycles. The molecule has 0 saturated carbocycles. The van der Waals surface area contributed by atoms with E-state index in [1.165, 1.54) is 30.5 Å². The molecular formula is C36H44ClN6O8PS2. The van der Waals surface area contributed by atoms with Gasteiger partial charge in [-0.25, -0.2) is 4.99 Å². The smallest absolute Gasteiger partial charge is 0.295 e. The van der Waals surface area contributed by atoms with Crippen LogP contribution >= 0.6 is 18.7 Å². The minimum atomic E-state index is -4.47. The van der Waals surface area contributed by atoms with E-state index in [1.54, 1.807) is 20.4 Å². The van der Waals surface area contributed by atoms with Crippen molar-refractivity contribution < 1.29 is 35.2 Å². The molecule has 6 N–H and O–H groups in total. The van der Waals surface area contributed by atoms with Crippen molar-refractivity contribution in [1.29, 1.82) is 0 Å². The highest BCUT2D eigenvalue weighted by Gasteiger charge is 2.35. The molecule has 1 saturated heterocycles. The average Bonchev–Trinajstić information content (AvgIpc) is 3.11. The number of allylic oxidation sites excluding steroid dienone is 1. The first-order chi connectivity index (χ1) is 25.2. The first kappa shape index (κ1) is 41.2. The molecule has 18 heteroatoms. The van der Waals surface area contributed by atoms with Crippen LogP contribution in [0, 0.1) is 0 Å². The number of hydrogen-bond donors (Lipinski definition) is 5. The van der Waals surface area contributed by atoms with Gasteiger partial charge in [0.05, 0.1) is 23.4 Å². The number of rotatable bonds is 9. The summed E-state index contributed by atoms with van der Waals surface area (Å²) < 4.78 is 81.3. The number of hydrogen-bond acceptors (Lipinski definition) is 12. The maximum absolute atomic E-state index is 12.8. The van der Waals surface area contributed by atoms with E-state index in [4.69, 9.17) is 31.2 Å². The number of nitrogens with one attached hydrogen (secondary N) is 2. The highest BCUT2D eigenvalue weighted by molar-refractivity contribution is 7.86. The van der Waals surface area contributed by atoms with Gasteiger partial charge in [0.2, 0.25) is 5.79 Å². The van der Waals surface area contributed by atoms with E-state index in [0.717, 1.165) is 49.1 Å². The van der Waals surface area contributed by atoms with Gasteiger partial charge in [-0.2, -0.15) is 16.8 Å². The van der Waals surface area contributed by atoms with Crippen LogP contribution < -0.4 is 31.3 Å². The number of aliphatic imine (C=N–C) groups is 1. The summed E-state index contributed by atoms with van der Waals surface area (Å²) in [5.74, 6) is -0.190. The maximum atomic E-state index is 12.8. The number of halogens is 1.